The Morgan fingerprint density at radius 3 is 2.69 bits per heavy atom. The van der Waals surface area contributed by atoms with Crippen LogP contribution in [0.4, 0.5) is 5.69 Å². The number of nitrogens with zero attached hydrogens (tertiary/aromatic N) is 2. The smallest absolute Gasteiger partial charge is 0.287 e. The molecule has 0 aliphatic rings. The first-order chi connectivity index (χ1) is 15.4. The maximum atomic E-state index is 12.5. The van der Waals surface area contributed by atoms with Crippen molar-refractivity contribution in [3.05, 3.63) is 88.0 Å². The molecule has 1 atom stereocenters. The molecule has 2 heterocycles. The number of carbonyl (C=O) groups is 1. The Hall–Kier alpha value is -4.07. The van der Waals surface area contributed by atoms with Crippen LogP contribution in [0.25, 0.3) is 5.65 Å². The van der Waals surface area contributed by atoms with Gasteiger partial charge in [0.05, 0.1) is 5.69 Å². The summed E-state index contributed by atoms with van der Waals surface area (Å²) < 4.78 is 17.9. The Morgan fingerprint density at radius 1 is 1.09 bits per heavy atom. The number of hydrogen-bond acceptors (Lipinski definition) is 6. The molecule has 0 aliphatic carbocycles. The highest BCUT2D eigenvalue weighted by Crippen LogP contribution is 2.20. The third kappa shape index (κ3) is 4.97. The molecular formula is C24H23N3O5. The second kappa shape index (κ2) is 8.97. The van der Waals surface area contributed by atoms with Crippen molar-refractivity contribution >= 4 is 17.2 Å². The highest BCUT2D eigenvalue weighted by Gasteiger charge is 2.15. The van der Waals surface area contributed by atoms with E-state index in [2.05, 4.69) is 10.3 Å². The van der Waals surface area contributed by atoms with Gasteiger partial charge in [0.1, 0.15) is 23.9 Å². The zero-order valence-electron chi connectivity index (χ0n) is 18.0. The molecule has 8 nitrogen and oxygen atoms in total. The van der Waals surface area contributed by atoms with Crippen molar-refractivity contribution in [2.24, 2.45) is 0 Å². The molecule has 8 heteroatoms. The van der Waals surface area contributed by atoms with Crippen molar-refractivity contribution in [2.45, 2.75) is 33.5 Å². The van der Waals surface area contributed by atoms with E-state index >= 15 is 0 Å². The van der Waals surface area contributed by atoms with Crippen molar-refractivity contribution in [3.8, 4) is 11.5 Å². The van der Waals surface area contributed by atoms with Crippen molar-refractivity contribution in [1.82, 2.24) is 9.56 Å². The fourth-order valence-electron chi connectivity index (χ4n) is 3.16. The summed E-state index contributed by atoms with van der Waals surface area (Å²) in [5.74, 6) is 1.48. The van der Waals surface area contributed by atoms with Crippen molar-refractivity contribution < 1.29 is 18.8 Å². The number of carbonyl (C=O) groups excluding carboxylic acids is 1. The maximum Gasteiger partial charge on any atom is 0.287 e. The molecule has 0 unspecified atom stereocenters. The van der Waals surface area contributed by atoms with Crippen LogP contribution in [0.2, 0.25) is 0 Å². The number of nitrogens with one attached hydrogen (secondary N) is 1. The van der Waals surface area contributed by atoms with Gasteiger partial charge in [-0.05, 0) is 50.6 Å². The summed E-state index contributed by atoms with van der Waals surface area (Å²) >= 11 is 0. The Morgan fingerprint density at radius 2 is 1.88 bits per heavy atom. The second-order valence-electron chi connectivity index (χ2n) is 7.47. The van der Waals surface area contributed by atoms with Gasteiger partial charge >= 0.3 is 0 Å². The van der Waals surface area contributed by atoms with Crippen LogP contribution in [0, 0.1) is 13.8 Å². The molecule has 4 aromatic rings. The quantitative estimate of drug-likeness (QED) is 0.475. The van der Waals surface area contributed by atoms with E-state index in [-0.39, 0.29) is 18.1 Å². The number of aromatic nitrogens is 2. The molecular weight excluding hydrogens is 410 g/mol. The van der Waals surface area contributed by atoms with Gasteiger partial charge in [-0.3, -0.25) is 9.59 Å². The minimum absolute atomic E-state index is 0.0975. The molecule has 0 spiro atoms. The fraction of sp³-hybridized carbons (Fsp3) is 0.208. The van der Waals surface area contributed by atoms with Crippen molar-refractivity contribution in [1.29, 1.82) is 0 Å². The highest BCUT2D eigenvalue weighted by molar-refractivity contribution is 5.94. The van der Waals surface area contributed by atoms with Gasteiger partial charge < -0.3 is 19.3 Å². The van der Waals surface area contributed by atoms with E-state index in [1.54, 1.807) is 44.2 Å². The summed E-state index contributed by atoms with van der Waals surface area (Å²) in [5, 5.41) is 2.83. The lowest BCUT2D eigenvalue weighted by Crippen LogP contribution is -2.30. The molecule has 164 valence electrons. The first-order valence-electron chi connectivity index (χ1n) is 10.1. The second-order valence-corrected chi connectivity index (χ2v) is 7.47. The van der Waals surface area contributed by atoms with Gasteiger partial charge in [-0.25, -0.2) is 4.98 Å². The van der Waals surface area contributed by atoms with Crippen molar-refractivity contribution in [3.63, 3.8) is 0 Å². The average molecular weight is 433 g/mol. The largest absolute Gasteiger partial charge is 0.487 e. The normalized spacial score (nSPS) is 11.8. The lowest BCUT2D eigenvalue weighted by Gasteiger charge is -2.15. The number of fused-ring (bicyclic) bond motifs is 1. The summed E-state index contributed by atoms with van der Waals surface area (Å²) in [6.45, 7) is 5.50. The van der Waals surface area contributed by atoms with Gasteiger partial charge in [0.25, 0.3) is 11.5 Å². The van der Waals surface area contributed by atoms with Gasteiger partial charge in [-0.2, -0.15) is 0 Å². The topological polar surface area (TPSA) is 95.1 Å². The zero-order valence-corrected chi connectivity index (χ0v) is 18.0. The molecule has 0 bridgehead atoms. The first-order valence-corrected chi connectivity index (χ1v) is 10.1. The molecule has 1 amide bonds. The molecule has 0 fully saturated rings. The zero-order chi connectivity index (χ0) is 22.7. The number of aryl methyl sites for hydroxylation is 2. The van der Waals surface area contributed by atoms with E-state index < -0.39 is 6.10 Å². The maximum absolute atomic E-state index is 12.5. The molecule has 0 radical (unpaired) electrons. The first kappa shape index (κ1) is 21.2. The fourth-order valence-corrected chi connectivity index (χ4v) is 3.16. The molecule has 4 rings (SSSR count). The molecule has 32 heavy (non-hydrogen) atoms. The standard InChI is InChI=1S/C24H23N3O5/c1-15-6-4-9-21(10-15)31-17(3)24(29)26-18-7-5-8-20(12-18)30-14-19-13-23(28)27-22(25-19)11-16(2)32-27/h4-13,17H,14H2,1-3H3,(H,26,29)/t17-/m0/s1. The number of anilines is 1. The number of rotatable bonds is 7. The van der Waals surface area contributed by atoms with Crippen LogP contribution in [0.5, 0.6) is 11.5 Å². The monoisotopic (exact) mass is 433 g/mol. The van der Waals surface area contributed by atoms with Crippen LogP contribution in [0.3, 0.4) is 0 Å². The van der Waals surface area contributed by atoms with Crippen LogP contribution >= 0.6 is 0 Å². The van der Waals surface area contributed by atoms with E-state index in [0.29, 0.717) is 34.3 Å². The molecule has 0 aliphatic heterocycles. The van der Waals surface area contributed by atoms with Crippen LogP contribution < -0.4 is 20.3 Å². The number of hydrogen-bond donors (Lipinski definition) is 1. The van der Waals surface area contributed by atoms with Crippen LogP contribution in [0.15, 0.2) is 70.0 Å². The van der Waals surface area contributed by atoms with E-state index in [4.69, 9.17) is 14.0 Å². The Bertz CT molecular complexity index is 1320. The summed E-state index contributed by atoms with van der Waals surface area (Å²) in [4.78, 5) is 29.0. The lowest BCUT2D eigenvalue weighted by atomic mass is 10.2. The molecule has 1 N–H and O–H groups in total. The van der Waals surface area contributed by atoms with E-state index in [1.165, 1.54) is 6.07 Å². The SMILES string of the molecule is Cc1cccc(O[C@@H](C)C(=O)Nc2cccc(OCc3cc(=O)n4oc(C)cc4n3)c2)c1. The van der Waals surface area contributed by atoms with Crippen LogP contribution in [0.1, 0.15) is 23.9 Å². The van der Waals surface area contributed by atoms with E-state index in [1.807, 2.05) is 31.2 Å². The van der Waals surface area contributed by atoms with Crippen LogP contribution in [-0.4, -0.2) is 21.6 Å². The van der Waals surface area contributed by atoms with Crippen LogP contribution in [-0.2, 0) is 11.4 Å². The summed E-state index contributed by atoms with van der Waals surface area (Å²) in [5.41, 5.74) is 2.22. The predicted octanol–water partition coefficient (Wildman–Crippen LogP) is 3.89. The van der Waals surface area contributed by atoms with E-state index in [9.17, 15) is 9.59 Å². The van der Waals surface area contributed by atoms with Gasteiger partial charge in [-0.1, -0.05) is 18.2 Å². The van der Waals surface area contributed by atoms with Gasteiger partial charge in [0, 0.05) is 23.9 Å². The number of amides is 1. The van der Waals surface area contributed by atoms with Gasteiger partial charge in [0.2, 0.25) is 0 Å². The third-order valence-corrected chi connectivity index (χ3v) is 4.68. The molecule has 2 aromatic heterocycles. The summed E-state index contributed by atoms with van der Waals surface area (Å²) in [7, 11) is 0. The van der Waals surface area contributed by atoms with Crippen molar-refractivity contribution in [2.75, 3.05) is 5.32 Å². The summed E-state index contributed by atoms with van der Waals surface area (Å²) in [6, 6.07) is 17.6. The average Bonchev–Trinajstić information content (AvgIpc) is 3.13. The molecule has 0 saturated carbocycles. The number of ether oxygens (including phenoxy) is 2. The van der Waals surface area contributed by atoms with Gasteiger partial charge in [-0.15, -0.1) is 4.57 Å². The third-order valence-electron chi connectivity index (χ3n) is 4.68. The summed E-state index contributed by atoms with van der Waals surface area (Å²) in [6.07, 6.45) is -0.677. The molecule has 0 saturated heterocycles. The molecule has 2 aromatic carbocycles. The Labute approximate surface area is 184 Å². The Balaban J connectivity index is 1.39. The minimum Gasteiger partial charge on any atom is -0.487 e. The lowest BCUT2D eigenvalue weighted by molar-refractivity contribution is -0.122. The number of benzene rings is 2. The highest BCUT2D eigenvalue weighted by atomic mass is 16.5. The Kier molecular flexibility index (Phi) is 5.93. The van der Waals surface area contributed by atoms with Gasteiger partial charge in [0.15, 0.2) is 11.8 Å². The predicted molar refractivity (Wildman–Crippen MR) is 119 cm³/mol. The minimum atomic E-state index is -0.677. The van der Waals surface area contributed by atoms with E-state index in [0.717, 1.165) is 10.1 Å².